The lowest BCUT2D eigenvalue weighted by Gasteiger charge is -2.21. The molecule has 2 fully saturated rings. The van der Waals surface area contributed by atoms with Gasteiger partial charge in [0.15, 0.2) is 5.11 Å². The number of hydrogen-bond donors (Lipinski definition) is 2. The SMILES string of the molecule is COc1ccc(OC)c(C2CN(C(=S)NC3CC3)CC2C(=O)NCc2ccccn2)c1. The number of aromatic nitrogens is 1. The minimum atomic E-state index is -0.274. The number of benzene rings is 1. The number of carbonyl (C=O) groups excluding carboxylic acids is 1. The predicted molar refractivity (Wildman–Crippen MR) is 122 cm³/mol. The van der Waals surface area contributed by atoms with Crippen LogP contribution in [0.5, 0.6) is 11.5 Å². The monoisotopic (exact) mass is 440 g/mol. The summed E-state index contributed by atoms with van der Waals surface area (Å²) in [5.41, 5.74) is 1.78. The number of nitrogens with one attached hydrogen (secondary N) is 2. The molecule has 7 nitrogen and oxygen atoms in total. The van der Waals surface area contributed by atoms with Gasteiger partial charge in [-0.2, -0.15) is 0 Å². The Kier molecular flexibility index (Phi) is 6.56. The molecule has 2 N–H and O–H groups in total. The van der Waals surface area contributed by atoms with E-state index in [0.29, 0.717) is 25.7 Å². The maximum Gasteiger partial charge on any atom is 0.225 e. The highest BCUT2D eigenvalue weighted by Crippen LogP contribution is 2.39. The van der Waals surface area contributed by atoms with Crippen molar-refractivity contribution < 1.29 is 14.3 Å². The third-order valence-electron chi connectivity index (χ3n) is 5.86. The lowest BCUT2D eigenvalue weighted by atomic mass is 9.87. The number of pyridine rings is 1. The van der Waals surface area contributed by atoms with Crippen LogP contribution in [0.15, 0.2) is 42.6 Å². The second-order valence-corrected chi connectivity index (χ2v) is 8.38. The summed E-state index contributed by atoms with van der Waals surface area (Å²) in [6.07, 6.45) is 4.02. The van der Waals surface area contributed by atoms with Crippen LogP contribution in [0.2, 0.25) is 0 Å². The van der Waals surface area contributed by atoms with Gasteiger partial charge in [-0.1, -0.05) is 6.07 Å². The number of nitrogens with zero attached hydrogens (tertiary/aromatic N) is 2. The molecule has 31 heavy (non-hydrogen) atoms. The average molecular weight is 441 g/mol. The van der Waals surface area contributed by atoms with Gasteiger partial charge in [-0.25, -0.2) is 0 Å². The molecule has 1 aliphatic heterocycles. The molecule has 1 aromatic carbocycles. The molecule has 1 aromatic heterocycles. The van der Waals surface area contributed by atoms with Crippen molar-refractivity contribution in [3.8, 4) is 11.5 Å². The molecule has 0 bridgehead atoms. The van der Waals surface area contributed by atoms with E-state index in [4.69, 9.17) is 21.7 Å². The molecule has 0 radical (unpaired) electrons. The lowest BCUT2D eigenvalue weighted by molar-refractivity contribution is -0.125. The van der Waals surface area contributed by atoms with Gasteiger partial charge in [0.05, 0.1) is 32.4 Å². The summed E-state index contributed by atoms with van der Waals surface area (Å²) < 4.78 is 11.1. The van der Waals surface area contributed by atoms with Gasteiger partial charge >= 0.3 is 0 Å². The molecule has 2 atom stereocenters. The number of rotatable bonds is 7. The van der Waals surface area contributed by atoms with E-state index >= 15 is 0 Å². The van der Waals surface area contributed by atoms with Gasteiger partial charge in [-0.15, -0.1) is 0 Å². The second kappa shape index (κ2) is 9.51. The fourth-order valence-corrected chi connectivity index (χ4v) is 4.30. The number of methoxy groups -OCH3 is 2. The number of hydrogen-bond acceptors (Lipinski definition) is 5. The molecule has 1 amide bonds. The first-order valence-electron chi connectivity index (χ1n) is 10.5. The molecule has 164 valence electrons. The first-order valence-corrected chi connectivity index (χ1v) is 10.9. The van der Waals surface area contributed by atoms with E-state index in [9.17, 15) is 4.79 Å². The number of ether oxygens (including phenoxy) is 2. The van der Waals surface area contributed by atoms with Crippen molar-refractivity contribution in [1.82, 2.24) is 20.5 Å². The van der Waals surface area contributed by atoms with Gasteiger partial charge in [0.1, 0.15) is 11.5 Å². The van der Waals surface area contributed by atoms with Crippen LogP contribution >= 0.6 is 12.2 Å². The van der Waals surface area contributed by atoms with Crippen molar-refractivity contribution in [3.05, 3.63) is 53.9 Å². The third-order valence-corrected chi connectivity index (χ3v) is 6.23. The van der Waals surface area contributed by atoms with E-state index in [1.54, 1.807) is 20.4 Å². The zero-order valence-electron chi connectivity index (χ0n) is 17.8. The van der Waals surface area contributed by atoms with Crippen molar-refractivity contribution in [2.45, 2.75) is 31.3 Å². The summed E-state index contributed by atoms with van der Waals surface area (Å²) in [6, 6.07) is 11.9. The zero-order chi connectivity index (χ0) is 21.8. The minimum Gasteiger partial charge on any atom is -0.497 e. The maximum atomic E-state index is 13.3. The minimum absolute atomic E-state index is 0.0164. The second-order valence-electron chi connectivity index (χ2n) is 7.99. The Hall–Kier alpha value is -2.87. The van der Waals surface area contributed by atoms with Gasteiger partial charge < -0.3 is 25.0 Å². The van der Waals surface area contributed by atoms with Gasteiger partial charge in [-0.3, -0.25) is 9.78 Å². The molecule has 2 unspecified atom stereocenters. The average Bonchev–Trinajstić information content (AvgIpc) is 3.51. The van der Waals surface area contributed by atoms with E-state index in [1.807, 2.05) is 36.4 Å². The Balaban J connectivity index is 1.56. The van der Waals surface area contributed by atoms with Crippen LogP contribution in [-0.4, -0.2) is 54.3 Å². The fourth-order valence-electron chi connectivity index (χ4n) is 3.98. The van der Waals surface area contributed by atoms with Gasteiger partial charge in [0.25, 0.3) is 0 Å². The maximum absolute atomic E-state index is 13.3. The van der Waals surface area contributed by atoms with Crippen LogP contribution in [0.1, 0.15) is 30.0 Å². The molecule has 8 heteroatoms. The molecular formula is C23H28N4O3S. The van der Waals surface area contributed by atoms with Gasteiger partial charge in [0.2, 0.25) is 5.91 Å². The highest BCUT2D eigenvalue weighted by atomic mass is 32.1. The van der Waals surface area contributed by atoms with Crippen molar-refractivity contribution in [1.29, 1.82) is 0 Å². The highest BCUT2D eigenvalue weighted by Gasteiger charge is 2.41. The third kappa shape index (κ3) is 5.07. The largest absolute Gasteiger partial charge is 0.497 e. The Morgan fingerprint density at radius 2 is 2.03 bits per heavy atom. The Labute approximate surface area is 188 Å². The van der Waals surface area contributed by atoms with Crippen molar-refractivity contribution in [2.24, 2.45) is 5.92 Å². The lowest BCUT2D eigenvalue weighted by Crippen LogP contribution is -2.40. The van der Waals surface area contributed by atoms with Crippen LogP contribution in [0.4, 0.5) is 0 Å². The molecule has 0 spiro atoms. The van der Waals surface area contributed by atoms with Crippen LogP contribution in [0, 0.1) is 5.92 Å². The summed E-state index contributed by atoms with van der Waals surface area (Å²) in [7, 11) is 3.28. The number of thiocarbonyl (C=S) groups is 1. The highest BCUT2D eigenvalue weighted by molar-refractivity contribution is 7.80. The Bertz CT molecular complexity index is 936. The summed E-state index contributed by atoms with van der Waals surface area (Å²) >= 11 is 5.64. The van der Waals surface area contributed by atoms with E-state index in [2.05, 4.69) is 20.5 Å². The first kappa shape index (κ1) is 21.4. The summed E-state index contributed by atoms with van der Waals surface area (Å²) in [5, 5.41) is 7.17. The molecule has 2 heterocycles. The Morgan fingerprint density at radius 3 is 2.71 bits per heavy atom. The smallest absolute Gasteiger partial charge is 0.225 e. The quantitative estimate of drug-likeness (QED) is 0.641. The normalized spacial score (nSPS) is 20.3. The first-order chi connectivity index (χ1) is 15.1. The van der Waals surface area contributed by atoms with Crippen molar-refractivity contribution in [3.63, 3.8) is 0 Å². The van der Waals surface area contributed by atoms with Gasteiger partial charge in [-0.05, 0) is 55.4 Å². The summed E-state index contributed by atoms with van der Waals surface area (Å²) in [6.45, 7) is 1.59. The van der Waals surface area contributed by atoms with Crippen LogP contribution in [0.25, 0.3) is 0 Å². The molecule has 1 saturated carbocycles. The number of amides is 1. The summed E-state index contributed by atoms with van der Waals surface area (Å²) in [4.78, 5) is 19.7. The molecular weight excluding hydrogens is 412 g/mol. The number of carbonyl (C=O) groups is 1. The van der Waals surface area contributed by atoms with E-state index in [0.717, 1.165) is 40.7 Å². The molecule has 2 aromatic rings. The van der Waals surface area contributed by atoms with Crippen molar-refractivity contribution >= 4 is 23.2 Å². The van der Waals surface area contributed by atoms with Crippen LogP contribution in [-0.2, 0) is 11.3 Å². The van der Waals surface area contributed by atoms with Crippen molar-refractivity contribution in [2.75, 3.05) is 27.3 Å². The van der Waals surface area contributed by atoms with Crippen LogP contribution in [0.3, 0.4) is 0 Å². The molecule has 1 saturated heterocycles. The number of likely N-dealkylation sites (tertiary alicyclic amines) is 1. The summed E-state index contributed by atoms with van der Waals surface area (Å²) in [5.74, 6) is 1.12. The molecule has 4 rings (SSSR count). The predicted octanol–water partition coefficient (Wildman–Crippen LogP) is 2.47. The van der Waals surface area contributed by atoms with E-state index < -0.39 is 0 Å². The topological polar surface area (TPSA) is 75.7 Å². The van der Waals surface area contributed by atoms with E-state index in [1.165, 1.54) is 0 Å². The Morgan fingerprint density at radius 1 is 1.19 bits per heavy atom. The van der Waals surface area contributed by atoms with Crippen LogP contribution < -0.4 is 20.1 Å². The van der Waals surface area contributed by atoms with E-state index in [-0.39, 0.29) is 17.7 Å². The zero-order valence-corrected chi connectivity index (χ0v) is 18.7. The standard InChI is InChI=1S/C23H28N4O3S/c1-29-17-8-9-21(30-2)18(11-17)19-13-27(23(31)26-15-6-7-15)14-20(19)22(28)25-12-16-5-3-4-10-24-16/h3-5,8-11,15,19-20H,6-7,12-14H2,1-2H3,(H,25,28)(H,26,31). The fraction of sp³-hybridized carbons (Fsp3) is 0.435. The molecule has 1 aliphatic carbocycles. The van der Waals surface area contributed by atoms with Gasteiger partial charge in [0, 0.05) is 36.8 Å². The molecule has 2 aliphatic rings.